The third-order valence-electron chi connectivity index (χ3n) is 3.86. The van der Waals surface area contributed by atoms with Gasteiger partial charge in [-0.15, -0.1) is 0 Å². The zero-order valence-corrected chi connectivity index (χ0v) is 9.87. The lowest BCUT2D eigenvalue weighted by Gasteiger charge is -2.24. The minimum Gasteiger partial charge on any atom is -0.495 e. The Balaban J connectivity index is 1.84. The molecule has 4 nitrogen and oxygen atoms in total. The summed E-state index contributed by atoms with van der Waals surface area (Å²) in [6, 6.07) is 3.64. The summed E-state index contributed by atoms with van der Waals surface area (Å²) in [4.78, 5) is 4.25. The highest BCUT2D eigenvalue weighted by Crippen LogP contribution is 2.45. The third kappa shape index (κ3) is 1.81. The minimum absolute atomic E-state index is 0.164. The monoisotopic (exact) mass is 235 g/mol. The number of fused-ring (bicyclic) bond motifs is 2. The molecule has 3 rings (SSSR count). The Hall–Kier alpha value is -1.13. The Bertz CT molecular complexity index is 409. The summed E-state index contributed by atoms with van der Waals surface area (Å²) in [5.41, 5.74) is 0.635. The lowest BCUT2D eigenvalue weighted by molar-refractivity contribution is 0.0391. The molecular formula is C13H17NO3. The molecule has 1 aromatic rings. The molecule has 0 spiro atoms. The number of pyridine rings is 1. The van der Waals surface area contributed by atoms with Crippen LogP contribution in [0.2, 0.25) is 0 Å². The van der Waals surface area contributed by atoms with Crippen molar-refractivity contribution in [2.45, 2.75) is 37.6 Å². The summed E-state index contributed by atoms with van der Waals surface area (Å²) in [7, 11) is 1.60. The number of rotatable bonds is 3. The van der Waals surface area contributed by atoms with E-state index in [4.69, 9.17) is 9.47 Å². The van der Waals surface area contributed by atoms with E-state index in [0.717, 1.165) is 19.3 Å². The molecule has 2 saturated heterocycles. The first kappa shape index (κ1) is 11.0. The van der Waals surface area contributed by atoms with Crippen LogP contribution in [0.15, 0.2) is 18.3 Å². The predicted molar refractivity (Wildman–Crippen MR) is 61.8 cm³/mol. The Morgan fingerprint density at radius 3 is 3.06 bits per heavy atom. The molecule has 4 heteroatoms. The van der Waals surface area contributed by atoms with Crippen LogP contribution in [0.4, 0.5) is 0 Å². The quantitative estimate of drug-likeness (QED) is 0.866. The van der Waals surface area contributed by atoms with Crippen molar-refractivity contribution in [2.75, 3.05) is 7.11 Å². The van der Waals surface area contributed by atoms with Gasteiger partial charge in [0.05, 0.1) is 19.3 Å². The number of hydrogen-bond donors (Lipinski definition) is 1. The molecule has 3 heterocycles. The molecule has 1 aromatic heterocycles. The van der Waals surface area contributed by atoms with Gasteiger partial charge in [-0.2, -0.15) is 0 Å². The fourth-order valence-electron chi connectivity index (χ4n) is 3.01. The topological polar surface area (TPSA) is 51.6 Å². The average molecular weight is 235 g/mol. The van der Waals surface area contributed by atoms with Crippen molar-refractivity contribution in [1.29, 1.82) is 0 Å². The molecule has 0 saturated carbocycles. The molecule has 2 bridgehead atoms. The molecule has 0 aromatic carbocycles. The maximum absolute atomic E-state index is 10.4. The zero-order valence-electron chi connectivity index (χ0n) is 9.87. The Kier molecular flexibility index (Phi) is 2.76. The molecule has 0 radical (unpaired) electrons. The van der Waals surface area contributed by atoms with Gasteiger partial charge in [-0.25, -0.2) is 0 Å². The predicted octanol–water partition coefficient (Wildman–Crippen LogP) is 1.69. The molecule has 17 heavy (non-hydrogen) atoms. The molecule has 4 unspecified atom stereocenters. The van der Waals surface area contributed by atoms with E-state index in [1.807, 2.05) is 12.1 Å². The number of ether oxygens (including phenoxy) is 2. The smallest absolute Gasteiger partial charge is 0.143 e. The van der Waals surface area contributed by atoms with Crippen LogP contribution in [0.5, 0.6) is 5.75 Å². The highest BCUT2D eigenvalue weighted by molar-refractivity contribution is 5.29. The van der Waals surface area contributed by atoms with E-state index in [1.165, 1.54) is 0 Å². The molecule has 1 N–H and O–H groups in total. The summed E-state index contributed by atoms with van der Waals surface area (Å²) in [6.45, 7) is 0. The molecule has 2 aliphatic heterocycles. The van der Waals surface area contributed by atoms with Crippen LogP contribution in [0, 0.1) is 5.92 Å². The average Bonchev–Trinajstić information content (AvgIpc) is 3.00. The van der Waals surface area contributed by atoms with Crippen molar-refractivity contribution in [3.63, 3.8) is 0 Å². The van der Waals surface area contributed by atoms with Gasteiger partial charge in [-0.3, -0.25) is 4.98 Å². The SMILES string of the molecule is COc1cccnc1C(O)C1CC2CCC1O2. The molecular weight excluding hydrogens is 218 g/mol. The van der Waals surface area contributed by atoms with E-state index in [2.05, 4.69) is 4.98 Å². The minimum atomic E-state index is -0.582. The van der Waals surface area contributed by atoms with Crippen molar-refractivity contribution < 1.29 is 14.6 Å². The lowest BCUT2D eigenvalue weighted by Crippen LogP contribution is -2.24. The van der Waals surface area contributed by atoms with Gasteiger partial charge in [-0.05, 0) is 31.4 Å². The van der Waals surface area contributed by atoms with E-state index in [1.54, 1.807) is 13.3 Å². The normalized spacial score (nSPS) is 32.7. The van der Waals surface area contributed by atoms with Gasteiger partial charge >= 0.3 is 0 Å². The van der Waals surface area contributed by atoms with E-state index < -0.39 is 6.10 Å². The molecule has 0 amide bonds. The van der Waals surface area contributed by atoms with Crippen molar-refractivity contribution in [2.24, 2.45) is 5.92 Å². The lowest BCUT2D eigenvalue weighted by atomic mass is 9.84. The fourth-order valence-corrected chi connectivity index (χ4v) is 3.01. The van der Waals surface area contributed by atoms with Crippen molar-refractivity contribution in [1.82, 2.24) is 4.98 Å². The molecule has 92 valence electrons. The van der Waals surface area contributed by atoms with Crippen LogP contribution in [-0.2, 0) is 4.74 Å². The molecule has 2 aliphatic rings. The van der Waals surface area contributed by atoms with E-state index in [-0.39, 0.29) is 12.0 Å². The standard InChI is InChI=1S/C13H17NO3/c1-16-11-3-2-6-14-12(11)13(15)9-7-8-4-5-10(9)17-8/h2-3,6,8-10,13,15H,4-5,7H2,1H3. The third-order valence-corrected chi connectivity index (χ3v) is 3.86. The Labute approximate surface area is 101 Å². The summed E-state index contributed by atoms with van der Waals surface area (Å²) >= 11 is 0. The second-order valence-corrected chi connectivity index (χ2v) is 4.81. The first-order chi connectivity index (χ1) is 8.29. The number of aromatic nitrogens is 1. The van der Waals surface area contributed by atoms with Crippen LogP contribution < -0.4 is 4.74 Å². The van der Waals surface area contributed by atoms with Crippen LogP contribution in [0.1, 0.15) is 31.1 Å². The van der Waals surface area contributed by atoms with Gasteiger partial charge in [0.1, 0.15) is 17.5 Å². The van der Waals surface area contributed by atoms with Crippen LogP contribution in [-0.4, -0.2) is 29.4 Å². The Morgan fingerprint density at radius 2 is 2.41 bits per heavy atom. The molecule has 2 fully saturated rings. The number of aliphatic hydroxyl groups is 1. The number of nitrogens with zero attached hydrogens (tertiary/aromatic N) is 1. The summed E-state index contributed by atoms with van der Waals surface area (Å²) in [6.07, 6.45) is 4.77. The fraction of sp³-hybridized carbons (Fsp3) is 0.615. The Morgan fingerprint density at radius 1 is 1.53 bits per heavy atom. The maximum Gasteiger partial charge on any atom is 0.143 e. The zero-order chi connectivity index (χ0) is 11.8. The summed E-state index contributed by atoms with van der Waals surface area (Å²) in [5.74, 6) is 0.820. The maximum atomic E-state index is 10.4. The number of methoxy groups -OCH3 is 1. The van der Waals surface area contributed by atoms with Crippen molar-refractivity contribution in [3.05, 3.63) is 24.0 Å². The summed E-state index contributed by atoms with van der Waals surface area (Å²) in [5, 5.41) is 10.4. The van der Waals surface area contributed by atoms with Crippen LogP contribution in [0.25, 0.3) is 0 Å². The second kappa shape index (κ2) is 4.27. The molecule has 4 atom stereocenters. The van der Waals surface area contributed by atoms with Gasteiger partial charge in [0, 0.05) is 12.1 Å². The largest absolute Gasteiger partial charge is 0.495 e. The van der Waals surface area contributed by atoms with Crippen molar-refractivity contribution >= 4 is 0 Å². The highest BCUT2D eigenvalue weighted by atomic mass is 16.5. The van der Waals surface area contributed by atoms with Crippen LogP contribution >= 0.6 is 0 Å². The first-order valence-electron chi connectivity index (χ1n) is 6.12. The summed E-state index contributed by atoms with van der Waals surface area (Å²) < 4.78 is 11.0. The number of aliphatic hydroxyl groups excluding tert-OH is 1. The van der Waals surface area contributed by atoms with Gasteiger partial charge in [-0.1, -0.05) is 0 Å². The van der Waals surface area contributed by atoms with Gasteiger partial charge in [0.25, 0.3) is 0 Å². The van der Waals surface area contributed by atoms with E-state index >= 15 is 0 Å². The molecule has 0 aliphatic carbocycles. The second-order valence-electron chi connectivity index (χ2n) is 4.81. The van der Waals surface area contributed by atoms with Gasteiger partial charge < -0.3 is 14.6 Å². The van der Waals surface area contributed by atoms with Gasteiger partial charge in [0.15, 0.2) is 0 Å². The van der Waals surface area contributed by atoms with Crippen LogP contribution in [0.3, 0.4) is 0 Å². The van der Waals surface area contributed by atoms with Gasteiger partial charge in [0.2, 0.25) is 0 Å². The van der Waals surface area contributed by atoms with E-state index in [9.17, 15) is 5.11 Å². The highest BCUT2D eigenvalue weighted by Gasteiger charge is 2.45. The van der Waals surface area contributed by atoms with E-state index in [0.29, 0.717) is 17.5 Å². The van der Waals surface area contributed by atoms with Crippen molar-refractivity contribution in [3.8, 4) is 5.75 Å². The first-order valence-corrected chi connectivity index (χ1v) is 6.12. The number of hydrogen-bond acceptors (Lipinski definition) is 4.